The van der Waals surface area contributed by atoms with E-state index in [9.17, 15) is 0 Å². The van der Waals surface area contributed by atoms with Gasteiger partial charge in [0.05, 0.1) is 30.9 Å². The van der Waals surface area contributed by atoms with Crippen molar-refractivity contribution >= 4 is 0 Å². The zero-order valence-corrected chi connectivity index (χ0v) is 11.6. The average molecular weight is 251 g/mol. The summed E-state index contributed by atoms with van der Waals surface area (Å²) in [7, 11) is 2.01. The molecule has 1 fully saturated rings. The number of nitrogens with zero attached hydrogens (tertiary/aromatic N) is 2. The number of imidazole rings is 1. The molecule has 1 N–H and O–H groups in total. The van der Waals surface area contributed by atoms with Crippen LogP contribution < -0.4 is 5.32 Å². The third-order valence-corrected chi connectivity index (χ3v) is 3.74. The fraction of sp³-hybridized carbons (Fsp3) is 0.786. The summed E-state index contributed by atoms with van der Waals surface area (Å²) in [5, 5.41) is 3.60. The van der Waals surface area contributed by atoms with Crippen LogP contribution in [0.2, 0.25) is 0 Å². The molecule has 0 amide bonds. The lowest BCUT2D eigenvalue weighted by molar-refractivity contribution is 0.00888. The second-order valence-corrected chi connectivity index (χ2v) is 5.23. The van der Waals surface area contributed by atoms with Crippen molar-refractivity contribution < 1.29 is 4.74 Å². The summed E-state index contributed by atoms with van der Waals surface area (Å²) >= 11 is 0. The molecular weight excluding hydrogens is 226 g/mol. The minimum atomic E-state index is 0.430. The minimum Gasteiger partial charge on any atom is -0.372 e. The second-order valence-electron chi connectivity index (χ2n) is 5.23. The zero-order chi connectivity index (χ0) is 12.8. The van der Waals surface area contributed by atoms with Crippen molar-refractivity contribution in [3.8, 4) is 0 Å². The number of aromatic nitrogens is 2. The van der Waals surface area contributed by atoms with Gasteiger partial charge in [-0.2, -0.15) is 0 Å². The largest absolute Gasteiger partial charge is 0.372 e. The highest BCUT2D eigenvalue weighted by molar-refractivity contribution is 4.95. The van der Waals surface area contributed by atoms with Crippen LogP contribution in [0.1, 0.15) is 44.7 Å². The lowest BCUT2D eigenvalue weighted by Gasteiger charge is -2.29. The van der Waals surface area contributed by atoms with Gasteiger partial charge in [0.25, 0.3) is 0 Å². The van der Waals surface area contributed by atoms with Gasteiger partial charge in [-0.25, -0.2) is 4.98 Å². The van der Waals surface area contributed by atoms with E-state index in [0.717, 1.165) is 12.2 Å². The smallest absolute Gasteiger partial charge is 0.0946 e. The van der Waals surface area contributed by atoms with E-state index >= 15 is 0 Å². The van der Waals surface area contributed by atoms with E-state index in [1.165, 1.54) is 32.1 Å². The molecule has 2 rings (SSSR count). The molecule has 18 heavy (non-hydrogen) atoms. The highest BCUT2D eigenvalue weighted by atomic mass is 16.5. The van der Waals surface area contributed by atoms with E-state index in [4.69, 9.17) is 4.74 Å². The van der Waals surface area contributed by atoms with Crippen molar-refractivity contribution in [2.45, 2.75) is 57.8 Å². The lowest BCUT2D eigenvalue weighted by Crippen LogP contribution is -2.35. The molecule has 1 aromatic rings. The fourth-order valence-electron chi connectivity index (χ4n) is 2.51. The summed E-state index contributed by atoms with van der Waals surface area (Å²) < 4.78 is 7.99. The first-order chi connectivity index (χ1) is 8.79. The highest BCUT2D eigenvalue weighted by Gasteiger charge is 2.21. The van der Waals surface area contributed by atoms with E-state index in [-0.39, 0.29) is 0 Å². The standard InChI is InChI=1S/C14H25N3O/c1-3-8-16-12-4-6-14(7-5-12)18-10-13-9-15-11-17(13)2/h9,11-12,14,16H,3-8,10H2,1-2H3. The van der Waals surface area contributed by atoms with Crippen LogP contribution in [0.4, 0.5) is 0 Å². The predicted octanol–water partition coefficient (Wildman–Crippen LogP) is 2.25. The van der Waals surface area contributed by atoms with Crippen molar-refractivity contribution in [2.75, 3.05) is 6.54 Å². The topological polar surface area (TPSA) is 39.1 Å². The van der Waals surface area contributed by atoms with E-state index in [2.05, 4.69) is 17.2 Å². The quantitative estimate of drug-likeness (QED) is 0.843. The van der Waals surface area contributed by atoms with Gasteiger partial charge in [-0.15, -0.1) is 0 Å². The third kappa shape index (κ3) is 3.82. The normalized spacial score (nSPS) is 24.3. The molecule has 0 atom stereocenters. The molecule has 0 aliphatic heterocycles. The molecule has 0 aromatic carbocycles. The third-order valence-electron chi connectivity index (χ3n) is 3.74. The maximum atomic E-state index is 5.97. The van der Waals surface area contributed by atoms with Gasteiger partial charge in [0, 0.05) is 13.1 Å². The predicted molar refractivity (Wildman–Crippen MR) is 72.3 cm³/mol. The van der Waals surface area contributed by atoms with E-state index in [1.54, 1.807) is 0 Å². The maximum absolute atomic E-state index is 5.97. The molecule has 0 unspecified atom stereocenters. The molecule has 1 aliphatic rings. The van der Waals surface area contributed by atoms with Gasteiger partial charge < -0.3 is 14.6 Å². The van der Waals surface area contributed by atoms with Crippen LogP contribution in [0.5, 0.6) is 0 Å². The Bertz CT molecular complexity index is 343. The number of nitrogens with one attached hydrogen (secondary N) is 1. The lowest BCUT2D eigenvalue weighted by atomic mass is 9.93. The summed E-state index contributed by atoms with van der Waals surface area (Å²) in [6.07, 6.45) is 10.2. The van der Waals surface area contributed by atoms with Crippen molar-refractivity contribution in [1.29, 1.82) is 0 Å². The molecule has 1 aliphatic carbocycles. The monoisotopic (exact) mass is 251 g/mol. The second kappa shape index (κ2) is 6.90. The molecule has 0 saturated heterocycles. The molecule has 0 spiro atoms. The summed E-state index contributed by atoms with van der Waals surface area (Å²) in [5.41, 5.74) is 1.15. The Morgan fingerprint density at radius 3 is 2.78 bits per heavy atom. The number of hydrogen-bond donors (Lipinski definition) is 1. The molecule has 1 heterocycles. The van der Waals surface area contributed by atoms with Gasteiger partial charge in [0.15, 0.2) is 0 Å². The van der Waals surface area contributed by atoms with Gasteiger partial charge in [-0.1, -0.05) is 6.92 Å². The molecule has 0 radical (unpaired) electrons. The Morgan fingerprint density at radius 1 is 1.39 bits per heavy atom. The summed E-state index contributed by atoms with van der Waals surface area (Å²) in [4.78, 5) is 4.10. The summed E-state index contributed by atoms with van der Waals surface area (Å²) in [6.45, 7) is 4.05. The van der Waals surface area contributed by atoms with Crippen LogP contribution in [0.15, 0.2) is 12.5 Å². The van der Waals surface area contributed by atoms with Gasteiger partial charge in [-0.3, -0.25) is 0 Å². The summed E-state index contributed by atoms with van der Waals surface area (Å²) in [5.74, 6) is 0. The Labute approximate surface area is 110 Å². The van der Waals surface area contributed by atoms with Crippen LogP contribution in [-0.4, -0.2) is 28.2 Å². The van der Waals surface area contributed by atoms with Crippen LogP contribution >= 0.6 is 0 Å². The van der Waals surface area contributed by atoms with Gasteiger partial charge >= 0.3 is 0 Å². The molecular formula is C14H25N3O. The molecule has 102 valence electrons. The van der Waals surface area contributed by atoms with Gasteiger partial charge in [-0.05, 0) is 38.6 Å². The Kier molecular flexibility index (Phi) is 5.20. The molecule has 0 bridgehead atoms. The van der Waals surface area contributed by atoms with Crippen molar-refractivity contribution in [2.24, 2.45) is 7.05 Å². The van der Waals surface area contributed by atoms with Crippen molar-refractivity contribution in [3.63, 3.8) is 0 Å². The van der Waals surface area contributed by atoms with Crippen LogP contribution in [0.25, 0.3) is 0 Å². The van der Waals surface area contributed by atoms with Crippen LogP contribution in [0.3, 0.4) is 0 Å². The van der Waals surface area contributed by atoms with Gasteiger partial charge in [0.1, 0.15) is 0 Å². The van der Waals surface area contributed by atoms with E-state index in [1.807, 2.05) is 24.1 Å². The Balaban J connectivity index is 1.66. The van der Waals surface area contributed by atoms with Crippen molar-refractivity contribution in [1.82, 2.24) is 14.9 Å². The van der Waals surface area contributed by atoms with Crippen LogP contribution in [0, 0.1) is 0 Å². The number of aryl methyl sites for hydroxylation is 1. The van der Waals surface area contributed by atoms with Gasteiger partial charge in [0.2, 0.25) is 0 Å². The van der Waals surface area contributed by atoms with E-state index in [0.29, 0.717) is 18.8 Å². The van der Waals surface area contributed by atoms with Crippen molar-refractivity contribution in [3.05, 3.63) is 18.2 Å². The molecule has 1 aromatic heterocycles. The first-order valence-electron chi connectivity index (χ1n) is 7.09. The maximum Gasteiger partial charge on any atom is 0.0946 e. The molecule has 4 heteroatoms. The Morgan fingerprint density at radius 2 is 2.17 bits per heavy atom. The molecule has 1 saturated carbocycles. The Hall–Kier alpha value is -0.870. The fourth-order valence-corrected chi connectivity index (χ4v) is 2.51. The minimum absolute atomic E-state index is 0.430. The zero-order valence-electron chi connectivity index (χ0n) is 11.6. The van der Waals surface area contributed by atoms with Crippen LogP contribution in [-0.2, 0) is 18.4 Å². The van der Waals surface area contributed by atoms with E-state index < -0.39 is 0 Å². The summed E-state index contributed by atoms with van der Waals surface area (Å²) in [6, 6.07) is 0.710. The number of rotatable bonds is 6. The number of hydrogen-bond acceptors (Lipinski definition) is 3. The SMILES string of the molecule is CCCNC1CCC(OCc2cncn2C)CC1. The average Bonchev–Trinajstić information content (AvgIpc) is 2.81. The number of ether oxygens (including phenoxy) is 1. The highest BCUT2D eigenvalue weighted by Crippen LogP contribution is 2.22. The molecule has 4 nitrogen and oxygen atoms in total. The first kappa shape index (κ1) is 13.6. The first-order valence-corrected chi connectivity index (χ1v) is 7.09.